The third-order valence-corrected chi connectivity index (χ3v) is 6.15. The molecule has 0 spiro atoms. The quantitative estimate of drug-likeness (QED) is 0.495. The van der Waals surface area contributed by atoms with Crippen LogP contribution in [0.1, 0.15) is 28.3 Å². The zero-order chi connectivity index (χ0) is 22.8. The molecule has 2 aromatic heterocycles. The van der Waals surface area contributed by atoms with Crippen LogP contribution in [0.25, 0.3) is 10.9 Å². The Bertz CT molecular complexity index is 1280. The molecule has 0 saturated heterocycles. The van der Waals surface area contributed by atoms with E-state index in [0.29, 0.717) is 26.1 Å². The molecular weight excluding hydrogens is 417 g/mol. The van der Waals surface area contributed by atoms with Gasteiger partial charge in [0.1, 0.15) is 5.82 Å². The molecule has 1 aliphatic heterocycles. The molecule has 1 aliphatic rings. The molecule has 1 atom stereocenters. The number of para-hydroxylation sites is 1. The Balaban J connectivity index is 1.31. The summed E-state index contributed by atoms with van der Waals surface area (Å²) in [7, 11) is 1.89. The predicted octanol–water partition coefficient (Wildman–Crippen LogP) is 3.57. The molecule has 5 rings (SSSR count). The number of carbonyl (C=O) groups is 1. The molecule has 0 bridgehead atoms. The number of aromatic nitrogens is 3. The van der Waals surface area contributed by atoms with E-state index in [-0.39, 0.29) is 17.6 Å². The Morgan fingerprint density at radius 2 is 1.97 bits per heavy atom. The molecule has 3 heterocycles. The van der Waals surface area contributed by atoms with Crippen LogP contribution in [0.15, 0.2) is 67.0 Å². The highest BCUT2D eigenvalue weighted by Crippen LogP contribution is 2.29. The number of fused-ring (bicyclic) bond motifs is 2. The van der Waals surface area contributed by atoms with Gasteiger partial charge in [-0.3, -0.25) is 19.4 Å². The highest BCUT2D eigenvalue weighted by molar-refractivity contribution is 5.84. The Hall–Kier alpha value is -3.58. The Kier molecular flexibility index (Phi) is 5.88. The first-order chi connectivity index (χ1) is 16.1. The number of rotatable bonds is 6. The molecule has 0 radical (unpaired) electrons. The molecule has 2 aromatic carbocycles. The summed E-state index contributed by atoms with van der Waals surface area (Å²) in [4.78, 5) is 20.0. The van der Waals surface area contributed by atoms with Gasteiger partial charge in [-0.15, -0.1) is 0 Å². The number of nitrogens with one attached hydrogen (secondary N) is 1. The fourth-order valence-electron chi connectivity index (χ4n) is 4.59. The topological polar surface area (TPSA) is 63.1 Å². The van der Waals surface area contributed by atoms with E-state index in [4.69, 9.17) is 0 Å². The third-order valence-electron chi connectivity index (χ3n) is 6.15. The maximum atomic E-state index is 13.2. The second kappa shape index (κ2) is 9.11. The number of amides is 1. The smallest absolute Gasteiger partial charge is 0.230 e. The third kappa shape index (κ3) is 4.64. The second-order valence-corrected chi connectivity index (χ2v) is 8.60. The highest BCUT2D eigenvalue weighted by Gasteiger charge is 2.33. The van der Waals surface area contributed by atoms with Crippen molar-refractivity contribution in [2.24, 2.45) is 7.05 Å². The van der Waals surface area contributed by atoms with Gasteiger partial charge in [0.2, 0.25) is 5.91 Å². The van der Waals surface area contributed by atoms with Crippen LogP contribution in [-0.2, 0) is 31.4 Å². The maximum absolute atomic E-state index is 13.2. The van der Waals surface area contributed by atoms with Crippen molar-refractivity contribution in [2.75, 3.05) is 13.1 Å². The molecule has 33 heavy (non-hydrogen) atoms. The summed E-state index contributed by atoms with van der Waals surface area (Å²) >= 11 is 0. The van der Waals surface area contributed by atoms with E-state index >= 15 is 0 Å². The summed E-state index contributed by atoms with van der Waals surface area (Å²) in [5.41, 5.74) is 5.07. The zero-order valence-corrected chi connectivity index (χ0v) is 18.5. The monoisotopic (exact) mass is 443 g/mol. The fourth-order valence-corrected chi connectivity index (χ4v) is 4.59. The van der Waals surface area contributed by atoms with Gasteiger partial charge in [-0.25, -0.2) is 4.39 Å². The largest absolute Gasteiger partial charge is 0.355 e. The van der Waals surface area contributed by atoms with Crippen molar-refractivity contribution in [2.45, 2.75) is 25.4 Å². The zero-order valence-electron chi connectivity index (χ0n) is 18.5. The van der Waals surface area contributed by atoms with Crippen LogP contribution in [0, 0.1) is 5.82 Å². The van der Waals surface area contributed by atoms with E-state index in [0.717, 1.165) is 39.8 Å². The highest BCUT2D eigenvalue weighted by atomic mass is 19.1. The van der Waals surface area contributed by atoms with Gasteiger partial charge in [-0.2, -0.15) is 5.10 Å². The lowest BCUT2D eigenvalue weighted by Crippen LogP contribution is -2.41. The van der Waals surface area contributed by atoms with E-state index in [1.807, 2.05) is 25.5 Å². The SMILES string of the molecule is Cn1cc2c(n1)C(C(=O)NCCc1ccc(F)cc1)CN(Cc1cccc3cccnc13)C2. The van der Waals surface area contributed by atoms with Gasteiger partial charge in [-0.05, 0) is 35.7 Å². The molecule has 1 unspecified atom stereocenters. The summed E-state index contributed by atoms with van der Waals surface area (Å²) in [5, 5.41) is 8.77. The Labute approximate surface area is 192 Å². The second-order valence-electron chi connectivity index (χ2n) is 8.60. The van der Waals surface area contributed by atoms with Crippen LogP contribution in [-0.4, -0.2) is 38.7 Å². The number of halogens is 1. The van der Waals surface area contributed by atoms with Crippen LogP contribution in [0.2, 0.25) is 0 Å². The van der Waals surface area contributed by atoms with Gasteiger partial charge in [0.25, 0.3) is 0 Å². The lowest BCUT2D eigenvalue weighted by molar-refractivity contribution is -0.123. The normalized spacial score (nSPS) is 16.0. The summed E-state index contributed by atoms with van der Waals surface area (Å²) in [5.74, 6) is -0.627. The number of carbonyl (C=O) groups excluding carboxylic acids is 1. The van der Waals surface area contributed by atoms with Crippen LogP contribution in [0.3, 0.4) is 0 Å². The molecule has 168 valence electrons. The summed E-state index contributed by atoms with van der Waals surface area (Å²) in [6, 6.07) is 16.6. The number of nitrogens with zero attached hydrogens (tertiary/aromatic N) is 4. The average Bonchev–Trinajstić information content (AvgIpc) is 3.20. The average molecular weight is 444 g/mol. The fraction of sp³-hybridized carbons (Fsp3) is 0.269. The van der Waals surface area contributed by atoms with Crippen molar-refractivity contribution in [3.63, 3.8) is 0 Å². The molecule has 1 N–H and O–H groups in total. The van der Waals surface area contributed by atoms with Gasteiger partial charge < -0.3 is 5.32 Å². The number of pyridine rings is 1. The summed E-state index contributed by atoms with van der Waals surface area (Å²) < 4.78 is 14.9. The van der Waals surface area contributed by atoms with Gasteiger partial charge in [0, 0.05) is 56.6 Å². The predicted molar refractivity (Wildman–Crippen MR) is 125 cm³/mol. The van der Waals surface area contributed by atoms with Crippen LogP contribution in [0.5, 0.6) is 0 Å². The van der Waals surface area contributed by atoms with Crippen molar-refractivity contribution >= 4 is 16.8 Å². The molecule has 7 heteroatoms. The number of hydrogen-bond donors (Lipinski definition) is 1. The standard InChI is InChI=1S/C26H26FN5O/c1-31-14-21-16-32(15-20-5-2-4-19-6-3-12-28-24(19)20)17-23(25(21)30-31)26(33)29-13-11-18-7-9-22(27)10-8-18/h2-10,12,14,23H,11,13,15-17H2,1H3,(H,29,33). The van der Waals surface area contributed by atoms with E-state index in [1.54, 1.807) is 16.8 Å². The first kappa shape index (κ1) is 21.3. The summed E-state index contributed by atoms with van der Waals surface area (Å²) in [6.07, 6.45) is 4.47. The minimum absolute atomic E-state index is 0.0298. The number of aryl methyl sites for hydroxylation is 1. The summed E-state index contributed by atoms with van der Waals surface area (Å²) in [6.45, 7) is 2.54. The Morgan fingerprint density at radius 3 is 2.82 bits per heavy atom. The van der Waals surface area contributed by atoms with Crippen molar-refractivity contribution < 1.29 is 9.18 Å². The Morgan fingerprint density at radius 1 is 1.15 bits per heavy atom. The first-order valence-electron chi connectivity index (χ1n) is 11.2. The molecule has 0 aliphatic carbocycles. The maximum Gasteiger partial charge on any atom is 0.230 e. The molecule has 1 amide bonds. The number of benzene rings is 2. The lowest BCUT2D eigenvalue weighted by atomic mass is 9.95. The van der Waals surface area contributed by atoms with Crippen LogP contribution < -0.4 is 5.32 Å². The van der Waals surface area contributed by atoms with Gasteiger partial charge in [0.15, 0.2) is 0 Å². The van der Waals surface area contributed by atoms with Crippen molar-refractivity contribution in [3.05, 3.63) is 95.2 Å². The van der Waals surface area contributed by atoms with Crippen molar-refractivity contribution in [3.8, 4) is 0 Å². The lowest BCUT2D eigenvalue weighted by Gasteiger charge is -2.31. The minimum Gasteiger partial charge on any atom is -0.355 e. The van der Waals surface area contributed by atoms with Crippen LogP contribution in [0.4, 0.5) is 4.39 Å². The molecule has 0 saturated carbocycles. The van der Waals surface area contributed by atoms with E-state index < -0.39 is 0 Å². The van der Waals surface area contributed by atoms with E-state index in [9.17, 15) is 9.18 Å². The van der Waals surface area contributed by atoms with Crippen molar-refractivity contribution in [1.29, 1.82) is 0 Å². The van der Waals surface area contributed by atoms with Gasteiger partial charge in [-0.1, -0.05) is 36.4 Å². The molecule has 6 nitrogen and oxygen atoms in total. The first-order valence-corrected chi connectivity index (χ1v) is 11.2. The van der Waals surface area contributed by atoms with E-state index in [2.05, 4.69) is 44.6 Å². The number of hydrogen-bond acceptors (Lipinski definition) is 4. The minimum atomic E-state index is -0.342. The van der Waals surface area contributed by atoms with Gasteiger partial charge >= 0.3 is 0 Å². The molecule has 4 aromatic rings. The van der Waals surface area contributed by atoms with E-state index in [1.165, 1.54) is 12.1 Å². The molecular formula is C26H26FN5O. The van der Waals surface area contributed by atoms with Crippen LogP contribution >= 0.6 is 0 Å². The molecule has 0 fully saturated rings. The van der Waals surface area contributed by atoms with Crippen molar-refractivity contribution in [1.82, 2.24) is 25.0 Å². The van der Waals surface area contributed by atoms with Gasteiger partial charge in [0.05, 0.1) is 17.1 Å².